The summed E-state index contributed by atoms with van der Waals surface area (Å²) >= 11 is 0. The quantitative estimate of drug-likeness (QED) is 0.228. The summed E-state index contributed by atoms with van der Waals surface area (Å²) in [5, 5.41) is 17.0. The molecule has 0 amide bonds. The number of hydrogen-bond acceptors (Lipinski definition) is 9. The summed E-state index contributed by atoms with van der Waals surface area (Å²) in [5.41, 5.74) is 2.19. The van der Waals surface area contributed by atoms with E-state index in [2.05, 4.69) is 25.6 Å². The van der Waals surface area contributed by atoms with E-state index in [4.69, 9.17) is 4.74 Å². The van der Waals surface area contributed by atoms with Crippen molar-refractivity contribution in [2.45, 2.75) is 24.3 Å². The van der Waals surface area contributed by atoms with Gasteiger partial charge in [-0.05, 0) is 43.2 Å². The number of nitrogens with one attached hydrogen (secondary N) is 3. The molecule has 1 atom stereocenters. The molecule has 0 saturated carbocycles. The van der Waals surface area contributed by atoms with Crippen LogP contribution < -0.4 is 10.6 Å². The molecule has 0 aliphatic rings. The molecule has 0 bridgehead atoms. The number of aliphatic hydroxyl groups excluding tert-OH is 1. The van der Waals surface area contributed by atoms with Gasteiger partial charge in [-0.15, -0.1) is 0 Å². The average molecular weight is 528 g/mol. The highest BCUT2D eigenvalue weighted by Crippen LogP contribution is 2.24. The van der Waals surface area contributed by atoms with E-state index >= 15 is 0 Å². The number of fused-ring (bicyclic) bond motifs is 1. The number of aromatic amines is 1. The zero-order valence-electron chi connectivity index (χ0n) is 20.2. The Kier molecular flexibility index (Phi) is 7.69. The van der Waals surface area contributed by atoms with Crippen LogP contribution in [0.4, 0.5) is 21.8 Å². The molecular formula is C25H26FN5O5S. The van der Waals surface area contributed by atoms with Gasteiger partial charge in [0.25, 0.3) is 0 Å². The van der Waals surface area contributed by atoms with Gasteiger partial charge >= 0.3 is 5.97 Å². The lowest BCUT2D eigenvalue weighted by atomic mass is 10.1. The summed E-state index contributed by atoms with van der Waals surface area (Å²) in [7, 11) is -3.72. The third-order valence-corrected chi connectivity index (χ3v) is 6.70. The molecule has 4 aromatic rings. The molecule has 0 radical (unpaired) electrons. The summed E-state index contributed by atoms with van der Waals surface area (Å²) in [6, 6.07) is 10.8. The van der Waals surface area contributed by atoms with E-state index < -0.39 is 32.6 Å². The van der Waals surface area contributed by atoms with Crippen LogP contribution in [0.25, 0.3) is 10.9 Å². The highest BCUT2D eigenvalue weighted by Gasteiger charge is 2.21. The van der Waals surface area contributed by atoms with Crippen LogP contribution in [0.2, 0.25) is 0 Å². The number of carbonyl (C=O) groups is 1. The van der Waals surface area contributed by atoms with Gasteiger partial charge in [0.1, 0.15) is 22.1 Å². The maximum absolute atomic E-state index is 14.3. The zero-order valence-corrected chi connectivity index (χ0v) is 21.0. The molecule has 2 aromatic carbocycles. The number of aliphatic hydroxyl groups is 1. The van der Waals surface area contributed by atoms with Crippen LogP contribution in [-0.4, -0.2) is 60.0 Å². The number of sulfone groups is 1. The number of H-pyrrole nitrogens is 1. The molecule has 2 aromatic heterocycles. The minimum atomic E-state index is -3.72. The molecule has 0 unspecified atom stereocenters. The Morgan fingerprint density at radius 1 is 1.24 bits per heavy atom. The standard InChI is InChI=1S/C25H26FN5O5S/c1-3-36-24(33)19-13-28-25(30-16-8-9-22(20(26)11-16)37(2,34)35)31-23(19)29-17(14-32)10-15-12-27-21-7-5-4-6-18(15)21/h4-9,11-13,17,27,32H,3,10,14H2,1-2H3,(H2,28,29,30,31)/t17-/m0/s1. The van der Waals surface area contributed by atoms with E-state index in [-0.39, 0.29) is 36.2 Å². The number of esters is 1. The van der Waals surface area contributed by atoms with Gasteiger partial charge in [0.15, 0.2) is 9.84 Å². The molecule has 0 saturated heterocycles. The van der Waals surface area contributed by atoms with Crippen molar-refractivity contribution in [3.63, 3.8) is 0 Å². The molecule has 0 spiro atoms. The molecule has 10 nitrogen and oxygen atoms in total. The van der Waals surface area contributed by atoms with Gasteiger partial charge in [0.2, 0.25) is 5.95 Å². The van der Waals surface area contributed by atoms with E-state index in [0.29, 0.717) is 6.42 Å². The molecule has 0 fully saturated rings. The molecule has 37 heavy (non-hydrogen) atoms. The smallest absolute Gasteiger partial charge is 0.343 e. The number of aromatic nitrogens is 3. The third-order valence-electron chi connectivity index (χ3n) is 5.57. The van der Waals surface area contributed by atoms with E-state index in [1.807, 2.05) is 30.5 Å². The molecule has 194 valence electrons. The van der Waals surface area contributed by atoms with Gasteiger partial charge in [-0.25, -0.2) is 22.6 Å². The topological polar surface area (TPSA) is 146 Å². The van der Waals surface area contributed by atoms with Crippen molar-refractivity contribution in [3.8, 4) is 0 Å². The van der Waals surface area contributed by atoms with Crippen LogP contribution in [0.3, 0.4) is 0 Å². The lowest BCUT2D eigenvalue weighted by molar-refractivity contribution is 0.0526. The number of para-hydroxylation sites is 1. The second-order valence-corrected chi connectivity index (χ2v) is 10.3. The summed E-state index contributed by atoms with van der Waals surface area (Å²) in [6.45, 7) is 1.56. The molecule has 0 aliphatic heterocycles. The first-order chi connectivity index (χ1) is 17.7. The Balaban J connectivity index is 1.62. The van der Waals surface area contributed by atoms with Gasteiger partial charge in [0, 0.05) is 35.2 Å². The van der Waals surface area contributed by atoms with Crippen molar-refractivity contribution in [3.05, 3.63) is 71.8 Å². The molecule has 12 heteroatoms. The number of nitrogens with zero attached hydrogens (tertiary/aromatic N) is 2. The van der Waals surface area contributed by atoms with Gasteiger partial charge in [-0.3, -0.25) is 0 Å². The lowest BCUT2D eigenvalue weighted by Gasteiger charge is -2.19. The van der Waals surface area contributed by atoms with Crippen molar-refractivity contribution in [1.29, 1.82) is 0 Å². The Bertz CT molecular complexity index is 1540. The molecular weight excluding hydrogens is 501 g/mol. The van der Waals surface area contributed by atoms with E-state index in [0.717, 1.165) is 34.9 Å². The summed E-state index contributed by atoms with van der Waals surface area (Å²) < 4.78 is 42.8. The second-order valence-electron chi connectivity index (χ2n) is 8.31. The Morgan fingerprint density at radius 2 is 2.03 bits per heavy atom. The minimum Gasteiger partial charge on any atom is -0.462 e. The van der Waals surface area contributed by atoms with Crippen LogP contribution in [0.1, 0.15) is 22.8 Å². The van der Waals surface area contributed by atoms with E-state index in [1.54, 1.807) is 6.92 Å². The number of hydrogen-bond donors (Lipinski definition) is 4. The largest absolute Gasteiger partial charge is 0.462 e. The zero-order chi connectivity index (χ0) is 26.6. The maximum atomic E-state index is 14.3. The van der Waals surface area contributed by atoms with Crippen LogP contribution >= 0.6 is 0 Å². The summed E-state index contributed by atoms with van der Waals surface area (Å²) in [5.74, 6) is -1.44. The number of rotatable bonds is 10. The molecule has 0 aliphatic carbocycles. The van der Waals surface area contributed by atoms with E-state index in [9.17, 15) is 22.7 Å². The van der Waals surface area contributed by atoms with E-state index in [1.165, 1.54) is 12.3 Å². The van der Waals surface area contributed by atoms with Crippen LogP contribution in [0.15, 0.2) is 59.8 Å². The molecule has 4 N–H and O–H groups in total. The Hall–Kier alpha value is -4.03. The van der Waals surface area contributed by atoms with Crippen molar-refractivity contribution in [2.75, 3.05) is 30.1 Å². The Labute approximate surface area is 212 Å². The first kappa shape index (κ1) is 26.0. The molecule has 4 rings (SSSR count). The van der Waals surface area contributed by atoms with Gasteiger partial charge in [0.05, 0.1) is 19.3 Å². The van der Waals surface area contributed by atoms with Gasteiger partial charge in [-0.1, -0.05) is 18.2 Å². The average Bonchev–Trinajstić information content (AvgIpc) is 3.26. The van der Waals surface area contributed by atoms with Crippen molar-refractivity contribution >= 4 is 44.2 Å². The monoisotopic (exact) mass is 527 g/mol. The van der Waals surface area contributed by atoms with Crippen LogP contribution in [-0.2, 0) is 21.0 Å². The fourth-order valence-electron chi connectivity index (χ4n) is 3.84. The first-order valence-electron chi connectivity index (χ1n) is 11.4. The lowest BCUT2D eigenvalue weighted by Crippen LogP contribution is -2.28. The summed E-state index contributed by atoms with van der Waals surface area (Å²) in [4.78, 5) is 23.8. The van der Waals surface area contributed by atoms with Crippen molar-refractivity contribution < 1.29 is 27.4 Å². The normalized spacial score (nSPS) is 12.3. The number of halogens is 1. The minimum absolute atomic E-state index is 0.0193. The van der Waals surface area contributed by atoms with Crippen molar-refractivity contribution in [1.82, 2.24) is 15.0 Å². The van der Waals surface area contributed by atoms with Crippen molar-refractivity contribution in [2.24, 2.45) is 0 Å². The maximum Gasteiger partial charge on any atom is 0.343 e. The fourth-order valence-corrected chi connectivity index (χ4v) is 4.57. The number of anilines is 3. The third kappa shape index (κ3) is 6.04. The number of benzene rings is 2. The first-order valence-corrected chi connectivity index (χ1v) is 13.3. The molecule has 2 heterocycles. The second kappa shape index (κ2) is 10.9. The fraction of sp³-hybridized carbons (Fsp3) is 0.240. The highest BCUT2D eigenvalue weighted by atomic mass is 32.2. The van der Waals surface area contributed by atoms with Gasteiger partial charge in [-0.2, -0.15) is 4.98 Å². The predicted octanol–water partition coefficient (Wildman–Crippen LogP) is 3.44. The predicted molar refractivity (Wildman–Crippen MR) is 137 cm³/mol. The SMILES string of the molecule is CCOC(=O)c1cnc(Nc2ccc(S(C)(=O)=O)c(F)c2)nc1N[C@H](CO)Cc1c[nH]c2ccccc12. The van der Waals surface area contributed by atoms with Crippen LogP contribution in [0, 0.1) is 5.82 Å². The summed E-state index contributed by atoms with van der Waals surface area (Å²) in [6.07, 6.45) is 4.47. The number of carbonyl (C=O) groups excluding carboxylic acids is 1. The Morgan fingerprint density at radius 3 is 2.73 bits per heavy atom. The number of ether oxygens (including phenoxy) is 1. The van der Waals surface area contributed by atoms with Gasteiger partial charge < -0.3 is 25.5 Å². The highest BCUT2D eigenvalue weighted by molar-refractivity contribution is 7.90. The van der Waals surface area contributed by atoms with Crippen LogP contribution in [0.5, 0.6) is 0 Å².